The van der Waals surface area contributed by atoms with Crippen molar-refractivity contribution in [2.45, 2.75) is 19.1 Å². The highest BCUT2D eigenvalue weighted by molar-refractivity contribution is 5.72. The van der Waals surface area contributed by atoms with E-state index in [4.69, 9.17) is 10.4 Å². The van der Waals surface area contributed by atoms with Gasteiger partial charge in [0.05, 0.1) is 6.07 Å². The highest BCUT2D eigenvalue weighted by Gasteiger charge is 2.41. The minimum absolute atomic E-state index is 0.339. The fourth-order valence-electron chi connectivity index (χ4n) is 1.97. The fraction of sp³-hybridized carbons (Fsp3) is 0.818. The number of carbonyl (C=O) groups is 1. The summed E-state index contributed by atoms with van der Waals surface area (Å²) in [5.41, 5.74) is 0. The minimum atomic E-state index is -4.51. The number of nitrogens with zero attached hydrogens (tertiary/aromatic N) is 3. The van der Waals surface area contributed by atoms with Crippen molar-refractivity contribution in [3.8, 4) is 6.07 Å². The number of rotatable bonds is 4. The molecule has 0 aliphatic carbocycles. The summed E-state index contributed by atoms with van der Waals surface area (Å²) in [6.45, 7) is 2.66. The molecule has 1 aliphatic rings. The van der Waals surface area contributed by atoms with E-state index >= 15 is 0 Å². The van der Waals surface area contributed by atoms with Crippen LogP contribution in [0.4, 0.5) is 13.2 Å². The molecule has 0 aromatic heterocycles. The number of hydrogen-bond donors (Lipinski definition) is 1. The molecule has 108 valence electrons. The molecule has 19 heavy (non-hydrogen) atoms. The Morgan fingerprint density at radius 1 is 1.37 bits per heavy atom. The summed E-state index contributed by atoms with van der Waals surface area (Å²) in [5, 5.41) is 17.4. The first kappa shape index (κ1) is 15.7. The van der Waals surface area contributed by atoms with E-state index in [2.05, 4.69) is 0 Å². The van der Waals surface area contributed by atoms with Gasteiger partial charge >= 0.3 is 12.1 Å². The van der Waals surface area contributed by atoms with Gasteiger partial charge in [-0.15, -0.1) is 0 Å². The molecule has 1 aliphatic heterocycles. The van der Waals surface area contributed by atoms with Gasteiger partial charge in [0.1, 0.15) is 6.04 Å². The Morgan fingerprint density at radius 2 is 1.89 bits per heavy atom. The SMILES string of the molecule is CC(C(=O)O)N1CCN(CC(C#N)C(F)(F)F)CC1. The lowest BCUT2D eigenvalue weighted by atomic mass is 10.1. The van der Waals surface area contributed by atoms with Gasteiger partial charge in [-0.1, -0.05) is 0 Å². The van der Waals surface area contributed by atoms with Crippen molar-refractivity contribution >= 4 is 5.97 Å². The molecule has 1 heterocycles. The Labute approximate surface area is 109 Å². The van der Waals surface area contributed by atoms with Crippen LogP contribution in [0.1, 0.15) is 6.92 Å². The number of halogens is 3. The van der Waals surface area contributed by atoms with E-state index in [0.717, 1.165) is 0 Å². The molecule has 1 saturated heterocycles. The zero-order valence-corrected chi connectivity index (χ0v) is 10.5. The summed E-state index contributed by atoms with van der Waals surface area (Å²) in [6, 6.07) is 0.625. The van der Waals surface area contributed by atoms with Crippen molar-refractivity contribution in [3.05, 3.63) is 0 Å². The molecule has 2 unspecified atom stereocenters. The first-order chi connectivity index (χ1) is 8.75. The zero-order valence-electron chi connectivity index (χ0n) is 10.5. The zero-order chi connectivity index (χ0) is 14.6. The number of carboxylic acid groups (broad SMARTS) is 1. The van der Waals surface area contributed by atoms with Crippen molar-refractivity contribution in [3.63, 3.8) is 0 Å². The summed E-state index contributed by atoms with van der Waals surface area (Å²) in [6.07, 6.45) is -4.51. The molecule has 0 bridgehead atoms. The standard InChI is InChI=1S/C11H16F3N3O2/c1-8(10(18)19)17-4-2-16(3-5-17)7-9(6-15)11(12,13)14/h8-9H,2-5,7H2,1H3,(H,18,19). The summed E-state index contributed by atoms with van der Waals surface area (Å²) < 4.78 is 37.3. The van der Waals surface area contributed by atoms with Crippen LogP contribution < -0.4 is 0 Å². The van der Waals surface area contributed by atoms with E-state index in [0.29, 0.717) is 26.2 Å². The van der Waals surface area contributed by atoms with E-state index in [9.17, 15) is 18.0 Å². The second-order valence-corrected chi connectivity index (χ2v) is 4.57. The van der Waals surface area contributed by atoms with E-state index < -0.39 is 24.1 Å². The molecule has 0 aromatic rings. The molecule has 8 heteroatoms. The number of aliphatic carboxylic acids is 1. The van der Waals surface area contributed by atoms with Gasteiger partial charge in [0.2, 0.25) is 0 Å². The smallest absolute Gasteiger partial charge is 0.405 e. The van der Waals surface area contributed by atoms with Crippen LogP contribution in [0.2, 0.25) is 0 Å². The predicted octanol–water partition coefficient (Wildman–Crippen LogP) is 0.779. The molecule has 5 nitrogen and oxygen atoms in total. The molecular weight excluding hydrogens is 263 g/mol. The first-order valence-corrected chi connectivity index (χ1v) is 5.91. The normalized spacial score (nSPS) is 21.6. The van der Waals surface area contributed by atoms with Gasteiger partial charge < -0.3 is 5.11 Å². The van der Waals surface area contributed by atoms with Crippen LogP contribution in [-0.2, 0) is 4.79 Å². The number of carboxylic acids is 1. The van der Waals surface area contributed by atoms with Crippen molar-refractivity contribution in [2.75, 3.05) is 32.7 Å². The second kappa shape index (κ2) is 6.21. The largest absolute Gasteiger partial charge is 0.480 e. The predicted molar refractivity (Wildman–Crippen MR) is 60.3 cm³/mol. The molecule has 2 atom stereocenters. The van der Waals surface area contributed by atoms with E-state index in [1.807, 2.05) is 0 Å². The topological polar surface area (TPSA) is 67.6 Å². The summed E-state index contributed by atoms with van der Waals surface area (Å²) in [4.78, 5) is 14.0. The number of alkyl halides is 3. The van der Waals surface area contributed by atoms with Gasteiger partial charge in [-0.25, -0.2) is 0 Å². The molecule has 0 radical (unpaired) electrons. The maximum atomic E-state index is 12.4. The van der Waals surface area contributed by atoms with Gasteiger partial charge in [-0.2, -0.15) is 18.4 Å². The van der Waals surface area contributed by atoms with Crippen LogP contribution in [-0.4, -0.2) is 65.8 Å². The highest BCUT2D eigenvalue weighted by atomic mass is 19.4. The van der Waals surface area contributed by atoms with Gasteiger partial charge in [-0.05, 0) is 6.92 Å². The van der Waals surface area contributed by atoms with Crippen LogP contribution in [0, 0.1) is 17.2 Å². The summed E-state index contributed by atoms with van der Waals surface area (Å²) in [7, 11) is 0. The Morgan fingerprint density at radius 3 is 2.26 bits per heavy atom. The summed E-state index contributed by atoms with van der Waals surface area (Å²) in [5.74, 6) is -2.94. The van der Waals surface area contributed by atoms with Crippen molar-refractivity contribution < 1.29 is 23.1 Å². The molecule has 1 rings (SSSR count). The molecule has 0 spiro atoms. The maximum absolute atomic E-state index is 12.4. The van der Waals surface area contributed by atoms with Gasteiger partial charge in [0.25, 0.3) is 0 Å². The minimum Gasteiger partial charge on any atom is -0.480 e. The van der Waals surface area contributed by atoms with Crippen LogP contribution >= 0.6 is 0 Å². The molecule has 0 amide bonds. The third-order valence-corrected chi connectivity index (χ3v) is 3.30. The third-order valence-electron chi connectivity index (χ3n) is 3.30. The van der Waals surface area contributed by atoms with E-state index in [-0.39, 0.29) is 6.54 Å². The second-order valence-electron chi connectivity index (χ2n) is 4.57. The Kier molecular flexibility index (Phi) is 5.14. The van der Waals surface area contributed by atoms with E-state index in [1.54, 1.807) is 16.7 Å². The average Bonchev–Trinajstić information content (AvgIpc) is 2.34. The van der Waals surface area contributed by atoms with Gasteiger partial charge in [-0.3, -0.25) is 14.6 Å². The number of hydrogen-bond acceptors (Lipinski definition) is 4. The Bertz CT molecular complexity index is 359. The van der Waals surface area contributed by atoms with Crippen molar-refractivity contribution in [1.82, 2.24) is 9.80 Å². The third kappa shape index (κ3) is 4.36. The quantitative estimate of drug-likeness (QED) is 0.823. The molecule has 1 fully saturated rings. The van der Waals surface area contributed by atoms with Crippen LogP contribution in [0.15, 0.2) is 0 Å². The molecule has 0 saturated carbocycles. The van der Waals surface area contributed by atoms with Crippen LogP contribution in [0.5, 0.6) is 0 Å². The summed E-state index contributed by atoms with van der Waals surface area (Å²) >= 11 is 0. The Balaban J connectivity index is 2.47. The van der Waals surface area contributed by atoms with Crippen LogP contribution in [0.3, 0.4) is 0 Å². The monoisotopic (exact) mass is 279 g/mol. The molecular formula is C11H16F3N3O2. The number of nitriles is 1. The highest BCUT2D eigenvalue weighted by Crippen LogP contribution is 2.26. The fourth-order valence-corrected chi connectivity index (χ4v) is 1.97. The van der Waals surface area contributed by atoms with Crippen molar-refractivity contribution in [2.24, 2.45) is 5.92 Å². The average molecular weight is 279 g/mol. The number of piperazine rings is 1. The first-order valence-electron chi connectivity index (χ1n) is 5.91. The molecule has 0 aromatic carbocycles. The Hall–Kier alpha value is -1.33. The maximum Gasteiger partial charge on any atom is 0.405 e. The van der Waals surface area contributed by atoms with Gasteiger partial charge in [0, 0.05) is 32.7 Å². The van der Waals surface area contributed by atoms with Crippen molar-refractivity contribution in [1.29, 1.82) is 5.26 Å². The lowest BCUT2D eigenvalue weighted by Crippen LogP contribution is -2.53. The van der Waals surface area contributed by atoms with Crippen LogP contribution in [0.25, 0.3) is 0 Å². The lowest BCUT2D eigenvalue weighted by Gasteiger charge is -2.37. The van der Waals surface area contributed by atoms with E-state index in [1.165, 1.54) is 6.07 Å². The molecule has 1 N–H and O–H groups in total. The lowest BCUT2D eigenvalue weighted by molar-refractivity contribution is -0.164. The van der Waals surface area contributed by atoms with Gasteiger partial charge in [0.15, 0.2) is 5.92 Å².